The van der Waals surface area contributed by atoms with Gasteiger partial charge in [0.1, 0.15) is 18.0 Å². The van der Waals surface area contributed by atoms with E-state index in [9.17, 15) is 0 Å². The third-order valence-corrected chi connectivity index (χ3v) is 2.83. The molecular formula is C12H13N3OS. The summed E-state index contributed by atoms with van der Waals surface area (Å²) < 4.78 is 5.57. The molecule has 0 atom stereocenters. The van der Waals surface area contributed by atoms with Gasteiger partial charge < -0.3 is 10.5 Å². The fourth-order valence-corrected chi connectivity index (χ4v) is 1.66. The lowest BCUT2D eigenvalue weighted by atomic mass is 10.2. The van der Waals surface area contributed by atoms with Crippen molar-refractivity contribution in [2.24, 2.45) is 0 Å². The molecule has 2 N–H and O–H groups in total. The molecule has 0 saturated carbocycles. The molecule has 4 nitrogen and oxygen atoms in total. The lowest BCUT2D eigenvalue weighted by Crippen LogP contribution is -1.98. The first-order valence-electron chi connectivity index (χ1n) is 5.11. The molecule has 2 rings (SSSR count). The Balaban J connectivity index is 1.99. The second-order valence-corrected chi connectivity index (χ2v) is 4.26. The zero-order valence-electron chi connectivity index (χ0n) is 9.46. The summed E-state index contributed by atoms with van der Waals surface area (Å²) in [6.45, 7) is 0.477. The van der Waals surface area contributed by atoms with Gasteiger partial charge in [-0.1, -0.05) is 12.1 Å². The van der Waals surface area contributed by atoms with Crippen molar-refractivity contribution in [1.29, 1.82) is 0 Å². The Hall–Kier alpha value is -1.75. The Morgan fingerprint density at radius 1 is 1.24 bits per heavy atom. The standard InChI is InChI=1S/C12H13N3OS/c1-17-12-6-11(14-8-15-12)16-7-9-2-4-10(13)5-3-9/h2-6,8H,7,13H2,1H3. The summed E-state index contributed by atoms with van der Waals surface area (Å²) in [6.07, 6.45) is 3.47. The average Bonchev–Trinajstić information content (AvgIpc) is 2.38. The second kappa shape index (κ2) is 5.54. The number of hydrogen-bond acceptors (Lipinski definition) is 5. The molecule has 0 spiro atoms. The molecule has 0 aliphatic heterocycles. The van der Waals surface area contributed by atoms with E-state index in [4.69, 9.17) is 10.5 Å². The highest BCUT2D eigenvalue weighted by Crippen LogP contribution is 2.16. The van der Waals surface area contributed by atoms with Gasteiger partial charge in [0.2, 0.25) is 5.88 Å². The van der Waals surface area contributed by atoms with Crippen LogP contribution in [-0.2, 0) is 6.61 Å². The molecule has 17 heavy (non-hydrogen) atoms. The summed E-state index contributed by atoms with van der Waals surface area (Å²) in [6, 6.07) is 9.40. The van der Waals surface area contributed by atoms with Crippen LogP contribution >= 0.6 is 11.8 Å². The maximum Gasteiger partial charge on any atom is 0.217 e. The number of rotatable bonds is 4. The minimum Gasteiger partial charge on any atom is -0.473 e. The van der Waals surface area contributed by atoms with Crippen molar-refractivity contribution in [3.63, 3.8) is 0 Å². The topological polar surface area (TPSA) is 61.0 Å². The van der Waals surface area contributed by atoms with Gasteiger partial charge in [0.15, 0.2) is 0 Å². The molecule has 2 aromatic rings. The maximum absolute atomic E-state index is 5.61. The maximum atomic E-state index is 5.61. The molecule has 0 fully saturated rings. The van der Waals surface area contributed by atoms with Gasteiger partial charge in [-0.25, -0.2) is 9.97 Å². The number of nitrogens with zero attached hydrogens (tertiary/aromatic N) is 2. The molecule has 1 heterocycles. The highest BCUT2D eigenvalue weighted by atomic mass is 32.2. The van der Waals surface area contributed by atoms with Crippen LogP contribution in [0.5, 0.6) is 5.88 Å². The van der Waals surface area contributed by atoms with Gasteiger partial charge in [-0.05, 0) is 24.0 Å². The van der Waals surface area contributed by atoms with Crippen LogP contribution in [0.3, 0.4) is 0 Å². The van der Waals surface area contributed by atoms with Gasteiger partial charge in [0, 0.05) is 11.8 Å². The molecule has 0 radical (unpaired) electrons. The highest BCUT2D eigenvalue weighted by Gasteiger charge is 1.99. The van der Waals surface area contributed by atoms with E-state index in [0.29, 0.717) is 12.5 Å². The molecule has 0 saturated heterocycles. The van der Waals surface area contributed by atoms with E-state index in [1.54, 1.807) is 11.8 Å². The third-order valence-electron chi connectivity index (χ3n) is 2.19. The SMILES string of the molecule is CSc1cc(OCc2ccc(N)cc2)ncn1. The Labute approximate surface area is 104 Å². The van der Waals surface area contributed by atoms with E-state index in [1.165, 1.54) is 6.33 Å². The predicted molar refractivity (Wildman–Crippen MR) is 69.0 cm³/mol. The Morgan fingerprint density at radius 3 is 2.71 bits per heavy atom. The van der Waals surface area contributed by atoms with E-state index >= 15 is 0 Å². The largest absolute Gasteiger partial charge is 0.473 e. The van der Waals surface area contributed by atoms with Crippen molar-refractivity contribution in [3.8, 4) is 5.88 Å². The summed E-state index contributed by atoms with van der Waals surface area (Å²) in [5, 5.41) is 0.896. The van der Waals surface area contributed by atoms with Crippen molar-refractivity contribution in [2.45, 2.75) is 11.6 Å². The van der Waals surface area contributed by atoms with Crippen molar-refractivity contribution in [2.75, 3.05) is 12.0 Å². The minimum absolute atomic E-state index is 0.477. The van der Waals surface area contributed by atoms with Crippen LogP contribution in [0.25, 0.3) is 0 Å². The third kappa shape index (κ3) is 3.35. The molecule has 0 aliphatic rings. The second-order valence-electron chi connectivity index (χ2n) is 3.43. The van der Waals surface area contributed by atoms with Crippen molar-refractivity contribution in [1.82, 2.24) is 9.97 Å². The van der Waals surface area contributed by atoms with Crippen LogP contribution in [0.1, 0.15) is 5.56 Å². The first-order valence-corrected chi connectivity index (χ1v) is 6.33. The van der Waals surface area contributed by atoms with Crippen molar-refractivity contribution in [3.05, 3.63) is 42.2 Å². The molecule has 0 amide bonds. The van der Waals surface area contributed by atoms with E-state index in [-0.39, 0.29) is 0 Å². The van der Waals surface area contributed by atoms with E-state index < -0.39 is 0 Å². The number of ether oxygens (including phenoxy) is 1. The fourth-order valence-electron chi connectivity index (χ4n) is 1.28. The molecule has 0 bridgehead atoms. The Kier molecular flexibility index (Phi) is 3.82. The molecule has 0 aliphatic carbocycles. The van der Waals surface area contributed by atoms with Crippen molar-refractivity contribution < 1.29 is 4.74 Å². The van der Waals surface area contributed by atoms with Gasteiger partial charge in [0.05, 0.1) is 0 Å². The summed E-state index contributed by atoms with van der Waals surface area (Å²) in [7, 11) is 0. The number of nitrogens with two attached hydrogens (primary N) is 1. The van der Waals surface area contributed by atoms with Crippen LogP contribution in [0.2, 0.25) is 0 Å². The van der Waals surface area contributed by atoms with Crippen LogP contribution in [0.15, 0.2) is 41.7 Å². The van der Waals surface area contributed by atoms with E-state index in [2.05, 4.69) is 9.97 Å². The summed E-state index contributed by atoms with van der Waals surface area (Å²) in [5.74, 6) is 0.584. The lowest BCUT2D eigenvalue weighted by molar-refractivity contribution is 0.292. The van der Waals surface area contributed by atoms with Gasteiger partial charge in [-0.2, -0.15) is 0 Å². The average molecular weight is 247 g/mol. The van der Waals surface area contributed by atoms with Crippen LogP contribution in [0, 0.1) is 0 Å². The van der Waals surface area contributed by atoms with Gasteiger partial charge in [-0.3, -0.25) is 0 Å². The Bertz CT molecular complexity index is 487. The zero-order valence-corrected chi connectivity index (χ0v) is 10.3. The zero-order chi connectivity index (χ0) is 12.1. The fraction of sp³-hybridized carbons (Fsp3) is 0.167. The van der Waals surface area contributed by atoms with Crippen molar-refractivity contribution >= 4 is 17.4 Å². The van der Waals surface area contributed by atoms with Crippen LogP contribution in [-0.4, -0.2) is 16.2 Å². The quantitative estimate of drug-likeness (QED) is 0.510. The predicted octanol–water partition coefficient (Wildman–Crippen LogP) is 2.36. The summed E-state index contributed by atoms with van der Waals surface area (Å²) >= 11 is 1.56. The molecule has 5 heteroatoms. The summed E-state index contributed by atoms with van der Waals surface area (Å²) in [5.41, 5.74) is 7.42. The van der Waals surface area contributed by atoms with Gasteiger partial charge >= 0.3 is 0 Å². The molecule has 88 valence electrons. The first-order chi connectivity index (χ1) is 8.28. The van der Waals surface area contributed by atoms with Gasteiger partial charge in [-0.15, -0.1) is 11.8 Å². The number of nitrogen functional groups attached to an aromatic ring is 1. The molecule has 1 aromatic heterocycles. The van der Waals surface area contributed by atoms with E-state index in [1.807, 2.05) is 36.6 Å². The highest BCUT2D eigenvalue weighted by molar-refractivity contribution is 7.98. The summed E-state index contributed by atoms with van der Waals surface area (Å²) in [4.78, 5) is 8.13. The number of anilines is 1. The van der Waals surface area contributed by atoms with E-state index in [0.717, 1.165) is 16.3 Å². The number of hydrogen-bond donors (Lipinski definition) is 1. The number of thioether (sulfide) groups is 1. The molecular weight excluding hydrogens is 234 g/mol. The lowest BCUT2D eigenvalue weighted by Gasteiger charge is -2.06. The Morgan fingerprint density at radius 2 is 2.00 bits per heavy atom. The molecule has 1 aromatic carbocycles. The number of aromatic nitrogens is 2. The molecule has 0 unspecified atom stereocenters. The van der Waals surface area contributed by atoms with Crippen LogP contribution in [0.4, 0.5) is 5.69 Å². The smallest absolute Gasteiger partial charge is 0.217 e. The minimum atomic E-state index is 0.477. The normalized spacial score (nSPS) is 10.2. The monoisotopic (exact) mass is 247 g/mol. The van der Waals surface area contributed by atoms with Gasteiger partial charge in [0.25, 0.3) is 0 Å². The van der Waals surface area contributed by atoms with Crippen LogP contribution < -0.4 is 10.5 Å². The first kappa shape index (κ1) is 11.7. The number of benzene rings is 1.